The molecule has 9 heteroatoms. The van der Waals surface area contributed by atoms with Gasteiger partial charge in [-0.2, -0.15) is 0 Å². The molecular weight excluding hydrogens is 527 g/mol. The Hall–Kier alpha value is -2.87. The van der Waals surface area contributed by atoms with Gasteiger partial charge in [0.2, 0.25) is 0 Å². The number of carbonyl (C=O) groups excluding carboxylic acids is 1. The molecule has 198 valence electrons. The summed E-state index contributed by atoms with van der Waals surface area (Å²) in [5.41, 5.74) is 3.02. The molecule has 1 aliphatic heterocycles. The molecule has 0 bridgehead atoms. The summed E-state index contributed by atoms with van der Waals surface area (Å²) < 4.78 is 12.1. The standard InChI is InChI=1S/C29H28Cl2N2O5/c30-22-5-2-6-23(31)24(22)25-21(26(38-32-25)17-7-8-17)16-37-20-14-29(15-20)9-11-33(12-10-29)27(34)18-3-1-4-19(13-18)28(35)36/h1-6,13,17,20H,7-12,14-16H2,(H,35,36). The smallest absolute Gasteiger partial charge is 0.335 e. The van der Waals surface area contributed by atoms with Gasteiger partial charge >= 0.3 is 5.97 Å². The van der Waals surface area contributed by atoms with E-state index in [1.165, 1.54) is 12.1 Å². The van der Waals surface area contributed by atoms with E-state index < -0.39 is 5.97 Å². The number of piperidine rings is 1. The highest BCUT2D eigenvalue weighted by atomic mass is 35.5. The predicted molar refractivity (Wildman–Crippen MR) is 143 cm³/mol. The first-order valence-corrected chi connectivity index (χ1v) is 13.8. The lowest BCUT2D eigenvalue weighted by Gasteiger charge is -2.51. The van der Waals surface area contributed by atoms with Crippen LogP contribution in [-0.2, 0) is 11.3 Å². The molecule has 1 aromatic heterocycles. The second-order valence-corrected chi connectivity index (χ2v) is 11.6. The Morgan fingerprint density at radius 1 is 1.05 bits per heavy atom. The number of halogens is 2. The van der Waals surface area contributed by atoms with Gasteiger partial charge in [0.25, 0.3) is 5.91 Å². The minimum absolute atomic E-state index is 0.110. The molecule has 6 rings (SSSR count). The van der Waals surface area contributed by atoms with Crippen LogP contribution in [0.25, 0.3) is 11.3 Å². The molecule has 3 fully saturated rings. The van der Waals surface area contributed by atoms with Crippen molar-refractivity contribution in [1.82, 2.24) is 10.1 Å². The Morgan fingerprint density at radius 3 is 2.37 bits per heavy atom. The molecule has 3 aromatic rings. The molecule has 7 nitrogen and oxygen atoms in total. The number of benzene rings is 2. The molecule has 0 atom stereocenters. The molecule has 2 aliphatic carbocycles. The molecule has 2 aromatic carbocycles. The number of aromatic carboxylic acids is 1. The molecule has 1 spiro atoms. The van der Waals surface area contributed by atoms with Crippen LogP contribution in [0.4, 0.5) is 0 Å². The predicted octanol–water partition coefficient (Wildman–Crippen LogP) is 6.83. The van der Waals surface area contributed by atoms with Crippen LogP contribution in [0.2, 0.25) is 10.0 Å². The minimum Gasteiger partial charge on any atom is -0.478 e. The highest BCUT2D eigenvalue weighted by Crippen LogP contribution is 2.51. The molecule has 2 saturated carbocycles. The van der Waals surface area contributed by atoms with Crippen LogP contribution < -0.4 is 0 Å². The molecule has 1 amide bonds. The lowest BCUT2D eigenvalue weighted by molar-refractivity contribution is -0.108. The molecule has 1 N–H and O–H groups in total. The molecule has 38 heavy (non-hydrogen) atoms. The number of carbonyl (C=O) groups is 2. The summed E-state index contributed by atoms with van der Waals surface area (Å²) in [5, 5.41) is 14.6. The summed E-state index contributed by atoms with van der Waals surface area (Å²) >= 11 is 12.9. The molecular formula is C29H28Cl2N2O5. The zero-order valence-electron chi connectivity index (χ0n) is 20.8. The summed E-state index contributed by atoms with van der Waals surface area (Å²) in [6, 6.07) is 11.7. The van der Waals surface area contributed by atoms with Gasteiger partial charge in [0, 0.05) is 35.7 Å². The fourth-order valence-electron chi connectivity index (χ4n) is 5.83. The molecule has 0 radical (unpaired) electrons. The largest absolute Gasteiger partial charge is 0.478 e. The van der Waals surface area contributed by atoms with Gasteiger partial charge in [-0.15, -0.1) is 0 Å². The third-order valence-electron chi connectivity index (χ3n) is 8.22. The Bertz CT molecular complexity index is 1360. The number of ether oxygens (including phenoxy) is 1. The number of carboxylic acid groups (broad SMARTS) is 1. The van der Waals surface area contributed by atoms with Crippen molar-refractivity contribution in [1.29, 1.82) is 0 Å². The normalized spacial score (nSPS) is 18.9. The van der Waals surface area contributed by atoms with Crippen LogP contribution in [0.3, 0.4) is 0 Å². The molecule has 1 saturated heterocycles. The summed E-state index contributed by atoms with van der Waals surface area (Å²) in [6.45, 7) is 1.72. The maximum atomic E-state index is 13.0. The van der Waals surface area contributed by atoms with E-state index in [0.29, 0.717) is 52.5 Å². The summed E-state index contributed by atoms with van der Waals surface area (Å²) in [4.78, 5) is 26.0. The average Bonchev–Trinajstić information content (AvgIpc) is 3.66. The van der Waals surface area contributed by atoms with Gasteiger partial charge in [0.05, 0.1) is 28.3 Å². The molecule has 3 aliphatic rings. The van der Waals surface area contributed by atoms with Gasteiger partial charge in [-0.05, 0) is 74.3 Å². The quantitative estimate of drug-likeness (QED) is 0.344. The zero-order valence-corrected chi connectivity index (χ0v) is 22.3. The maximum absolute atomic E-state index is 13.0. The monoisotopic (exact) mass is 554 g/mol. The van der Waals surface area contributed by atoms with E-state index in [0.717, 1.165) is 49.8 Å². The summed E-state index contributed by atoms with van der Waals surface area (Å²) in [5.74, 6) is 0.113. The summed E-state index contributed by atoms with van der Waals surface area (Å²) in [7, 11) is 0. The Morgan fingerprint density at radius 2 is 1.71 bits per heavy atom. The van der Waals surface area contributed by atoms with Crippen LogP contribution in [0, 0.1) is 5.41 Å². The first-order valence-electron chi connectivity index (χ1n) is 13.0. The number of amides is 1. The zero-order chi connectivity index (χ0) is 26.4. The van der Waals surface area contributed by atoms with Crippen LogP contribution in [0.15, 0.2) is 47.0 Å². The average molecular weight is 555 g/mol. The van der Waals surface area contributed by atoms with E-state index in [1.54, 1.807) is 24.3 Å². The minimum atomic E-state index is -1.03. The lowest BCUT2D eigenvalue weighted by atomic mass is 9.61. The van der Waals surface area contributed by atoms with Crippen LogP contribution in [-0.4, -0.2) is 46.2 Å². The van der Waals surface area contributed by atoms with Crippen molar-refractivity contribution >= 4 is 35.1 Å². The van der Waals surface area contributed by atoms with Crippen molar-refractivity contribution in [2.45, 2.75) is 57.2 Å². The lowest BCUT2D eigenvalue weighted by Crippen LogP contribution is -2.51. The maximum Gasteiger partial charge on any atom is 0.335 e. The van der Waals surface area contributed by atoms with Crippen molar-refractivity contribution in [3.63, 3.8) is 0 Å². The van der Waals surface area contributed by atoms with E-state index in [-0.39, 0.29) is 23.0 Å². The van der Waals surface area contributed by atoms with Gasteiger partial charge < -0.3 is 19.3 Å². The molecule has 2 heterocycles. The number of likely N-dealkylation sites (tertiary alicyclic amines) is 1. The first-order chi connectivity index (χ1) is 18.3. The number of hydrogen-bond acceptors (Lipinski definition) is 5. The second kappa shape index (κ2) is 10.0. The highest BCUT2D eigenvalue weighted by Gasteiger charge is 2.47. The van der Waals surface area contributed by atoms with Gasteiger partial charge in [-0.25, -0.2) is 4.79 Å². The SMILES string of the molecule is O=C(O)c1cccc(C(=O)N2CCC3(CC2)CC(OCc2c(-c4c(Cl)cccc4Cl)noc2C2CC2)C3)c1. The van der Waals surface area contributed by atoms with Crippen LogP contribution in [0.1, 0.15) is 76.5 Å². The van der Waals surface area contributed by atoms with Crippen LogP contribution in [0.5, 0.6) is 0 Å². The fourth-order valence-corrected chi connectivity index (χ4v) is 6.41. The van der Waals surface area contributed by atoms with E-state index >= 15 is 0 Å². The Kier molecular flexibility index (Phi) is 6.70. The number of aromatic nitrogens is 1. The summed E-state index contributed by atoms with van der Waals surface area (Å²) in [6.07, 6.45) is 6.05. The second-order valence-electron chi connectivity index (χ2n) is 10.8. The third-order valence-corrected chi connectivity index (χ3v) is 8.85. The third kappa shape index (κ3) is 4.83. The Labute approximate surface area is 230 Å². The van der Waals surface area contributed by atoms with E-state index in [2.05, 4.69) is 5.16 Å². The number of carboxylic acids is 1. The fraction of sp³-hybridized carbons (Fsp3) is 0.414. The topological polar surface area (TPSA) is 92.9 Å². The number of nitrogens with zero attached hydrogens (tertiary/aromatic N) is 2. The highest BCUT2D eigenvalue weighted by molar-refractivity contribution is 6.39. The number of rotatable bonds is 7. The van der Waals surface area contributed by atoms with E-state index in [4.69, 9.17) is 32.5 Å². The van der Waals surface area contributed by atoms with Gasteiger partial charge in [0.15, 0.2) is 0 Å². The van der Waals surface area contributed by atoms with E-state index in [1.807, 2.05) is 11.0 Å². The number of hydrogen-bond donors (Lipinski definition) is 1. The van der Waals surface area contributed by atoms with Gasteiger partial charge in [-0.1, -0.05) is 40.5 Å². The van der Waals surface area contributed by atoms with Crippen molar-refractivity contribution in [3.8, 4) is 11.3 Å². The van der Waals surface area contributed by atoms with Crippen molar-refractivity contribution in [2.75, 3.05) is 13.1 Å². The molecule has 0 unspecified atom stereocenters. The Balaban J connectivity index is 1.07. The van der Waals surface area contributed by atoms with Crippen molar-refractivity contribution in [3.05, 3.63) is 75.0 Å². The first kappa shape index (κ1) is 25.4. The van der Waals surface area contributed by atoms with Crippen LogP contribution >= 0.6 is 23.2 Å². The van der Waals surface area contributed by atoms with Gasteiger partial charge in [0.1, 0.15) is 11.5 Å². The van der Waals surface area contributed by atoms with Crippen molar-refractivity contribution in [2.24, 2.45) is 5.41 Å². The van der Waals surface area contributed by atoms with Gasteiger partial charge in [-0.3, -0.25) is 4.79 Å². The van der Waals surface area contributed by atoms with E-state index in [9.17, 15) is 14.7 Å². The van der Waals surface area contributed by atoms with Crippen molar-refractivity contribution < 1.29 is 24.0 Å².